The fourth-order valence-corrected chi connectivity index (χ4v) is 2.26. The van der Waals surface area contributed by atoms with E-state index in [1.54, 1.807) is 0 Å². The Kier molecular flexibility index (Phi) is 6.02. The molecule has 1 amide bonds. The molecule has 1 aliphatic rings. The second-order valence-corrected chi connectivity index (χ2v) is 5.15. The zero-order valence-corrected chi connectivity index (χ0v) is 12.2. The summed E-state index contributed by atoms with van der Waals surface area (Å²) >= 11 is 0. The van der Waals surface area contributed by atoms with Crippen LogP contribution in [0.15, 0.2) is 24.3 Å². The summed E-state index contributed by atoms with van der Waals surface area (Å²) in [6, 6.07) is 8.52. The summed E-state index contributed by atoms with van der Waals surface area (Å²) < 4.78 is 5.35. The second-order valence-electron chi connectivity index (χ2n) is 5.15. The van der Waals surface area contributed by atoms with E-state index in [0.29, 0.717) is 13.0 Å². The summed E-state index contributed by atoms with van der Waals surface area (Å²) in [5.41, 5.74) is 2.50. The number of carbonyl (C=O) groups excluding carboxylic acids is 1. The first-order chi connectivity index (χ1) is 9.78. The minimum absolute atomic E-state index is 0.0985. The van der Waals surface area contributed by atoms with Crippen LogP contribution in [0.25, 0.3) is 0 Å². The van der Waals surface area contributed by atoms with Gasteiger partial charge in [0.15, 0.2) is 0 Å². The van der Waals surface area contributed by atoms with Gasteiger partial charge in [0.05, 0.1) is 13.2 Å². The molecule has 0 aromatic heterocycles. The molecule has 1 N–H and O–H groups in total. The van der Waals surface area contributed by atoms with Gasteiger partial charge in [0, 0.05) is 32.6 Å². The highest BCUT2D eigenvalue weighted by molar-refractivity contribution is 5.75. The van der Waals surface area contributed by atoms with Crippen LogP contribution in [0.1, 0.15) is 24.5 Å². The zero-order chi connectivity index (χ0) is 14.2. The van der Waals surface area contributed by atoms with Gasteiger partial charge in [-0.2, -0.15) is 0 Å². The number of morpholine rings is 1. The lowest BCUT2D eigenvalue weighted by Gasteiger charge is -2.26. The van der Waals surface area contributed by atoms with Crippen LogP contribution in [0.2, 0.25) is 0 Å². The third-order valence-electron chi connectivity index (χ3n) is 3.65. The van der Waals surface area contributed by atoms with E-state index in [0.717, 1.165) is 44.8 Å². The molecule has 1 heterocycles. The van der Waals surface area contributed by atoms with Gasteiger partial charge in [-0.25, -0.2) is 0 Å². The van der Waals surface area contributed by atoms with Crippen molar-refractivity contribution in [2.75, 3.05) is 32.8 Å². The molecule has 4 heteroatoms. The van der Waals surface area contributed by atoms with Crippen LogP contribution in [-0.4, -0.2) is 43.7 Å². The number of amides is 1. The summed E-state index contributed by atoms with van der Waals surface area (Å²) in [7, 11) is 0. The van der Waals surface area contributed by atoms with Crippen LogP contribution >= 0.6 is 0 Å². The zero-order valence-electron chi connectivity index (χ0n) is 12.2. The van der Waals surface area contributed by atoms with Crippen LogP contribution in [-0.2, 0) is 22.5 Å². The first-order valence-electron chi connectivity index (χ1n) is 7.42. The average molecular weight is 276 g/mol. The van der Waals surface area contributed by atoms with Gasteiger partial charge in [-0.05, 0) is 17.5 Å². The molecule has 1 saturated heterocycles. The predicted molar refractivity (Wildman–Crippen MR) is 79.5 cm³/mol. The van der Waals surface area contributed by atoms with Crippen molar-refractivity contribution in [3.63, 3.8) is 0 Å². The second kappa shape index (κ2) is 8.02. The Labute approximate surface area is 121 Å². The molecule has 0 aliphatic carbocycles. The van der Waals surface area contributed by atoms with Gasteiger partial charge in [0.2, 0.25) is 5.91 Å². The van der Waals surface area contributed by atoms with Crippen molar-refractivity contribution in [3.05, 3.63) is 35.4 Å². The molecule has 0 bridgehead atoms. The average Bonchev–Trinajstić information content (AvgIpc) is 2.52. The maximum atomic E-state index is 11.2. The van der Waals surface area contributed by atoms with Gasteiger partial charge < -0.3 is 10.1 Å². The Balaban J connectivity index is 1.74. The molecule has 0 atom stereocenters. The predicted octanol–water partition coefficient (Wildman–Crippen LogP) is 1.59. The third-order valence-corrected chi connectivity index (χ3v) is 3.65. The first-order valence-corrected chi connectivity index (χ1v) is 7.42. The molecule has 110 valence electrons. The van der Waals surface area contributed by atoms with E-state index >= 15 is 0 Å². The molecule has 4 nitrogen and oxygen atoms in total. The highest BCUT2D eigenvalue weighted by atomic mass is 16.5. The molecule has 0 radical (unpaired) electrons. The molecule has 0 spiro atoms. The highest BCUT2D eigenvalue weighted by Crippen LogP contribution is 2.07. The highest BCUT2D eigenvalue weighted by Gasteiger charge is 2.09. The van der Waals surface area contributed by atoms with E-state index in [4.69, 9.17) is 4.74 Å². The molecule has 20 heavy (non-hydrogen) atoms. The lowest BCUT2D eigenvalue weighted by atomic mass is 10.1. The SMILES string of the molecule is CCC(=O)NCc1ccc(CCN2CCOCC2)cc1. The number of rotatable bonds is 6. The van der Waals surface area contributed by atoms with Crippen molar-refractivity contribution < 1.29 is 9.53 Å². The molecule has 1 aromatic carbocycles. The summed E-state index contributed by atoms with van der Waals surface area (Å²) in [4.78, 5) is 13.6. The van der Waals surface area contributed by atoms with E-state index in [2.05, 4.69) is 34.5 Å². The van der Waals surface area contributed by atoms with E-state index in [-0.39, 0.29) is 5.91 Å². The monoisotopic (exact) mass is 276 g/mol. The van der Waals surface area contributed by atoms with Crippen molar-refractivity contribution in [3.8, 4) is 0 Å². The quantitative estimate of drug-likeness (QED) is 0.858. The smallest absolute Gasteiger partial charge is 0.219 e. The largest absolute Gasteiger partial charge is 0.379 e. The Hall–Kier alpha value is -1.39. The lowest BCUT2D eigenvalue weighted by molar-refractivity contribution is -0.120. The molecular formula is C16H24N2O2. The van der Waals surface area contributed by atoms with Gasteiger partial charge in [0.25, 0.3) is 0 Å². The molecule has 0 unspecified atom stereocenters. The minimum Gasteiger partial charge on any atom is -0.379 e. The van der Waals surface area contributed by atoms with E-state index in [9.17, 15) is 4.79 Å². The molecule has 2 rings (SSSR count). The number of ether oxygens (including phenoxy) is 1. The maximum Gasteiger partial charge on any atom is 0.219 e. The normalized spacial score (nSPS) is 16.1. The summed E-state index contributed by atoms with van der Waals surface area (Å²) in [6.45, 7) is 7.38. The van der Waals surface area contributed by atoms with Gasteiger partial charge in [-0.1, -0.05) is 31.2 Å². The molecule has 0 saturated carbocycles. The van der Waals surface area contributed by atoms with Crippen molar-refractivity contribution in [2.45, 2.75) is 26.3 Å². The number of nitrogens with one attached hydrogen (secondary N) is 1. The van der Waals surface area contributed by atoms with Crippen molar-refractivity contribution in [2.24, 2.45) is 0 Å². The van der Waals surface area contributed by atoms with Crippen molar-refractivity contribution >= 4 is 5.91 Å². The number of carbonyl (C=O) groups is 1. The van der Waals surface area contributed by atoms with Gasteiger partial charge in [-0.3, -0.25) is 9.69 Å². The Bertz CT molecular complexity index is 411. The lowest BCUT2D eigenvalue weighted by Crippen LogP contribution is -2.37. The Morgan fingerprint density at radius 2 is 1.85 bits per heavy atom. The van der Waals surface area contributed by atoms with Crippen molar-refractivity contribution in [1.82, 2.24) is 10.2 Å². The topological polar surface area (TPSA) is 41.6 Å². The van der Waals surface area contributed by atoms with Crippen LogP contribution in [0, 0.1) is 0 Å². The van der Waals surface area contributed by atoms with Crippen LogP contribution in [0.3, 0.4) is 0 Å². The standard InChI is InChI=1S/C16H24N2O2/c1-2-16(19)17-13-15-5-3-14(4-6-15)7-8-18-9-11-20-12-10-18/h3-6H,2,7-13H2,1H3,(H,17,19). The maximum absolute atomic E-state index is 11.2. The molecule has 1 aliphatic heterocycles. The number of hydrogen-bond donors (Lipinski definition) is 1. The Morgan fingerprint density at radius 3 is 2.50 bits per heavy atom. The number of benzene rings is 1. The van der Waals surface area contributed by atoms with Gasteiger partial charge >= 0.3 is 0 Å². The fraction of sp³-hybridized carbons (Fsp3) is 0.562. The molecular weight excluding hydrogens is 252 g/mol. The van der Waals surface area contributed by atoms with Crippen LogP contribution in [0.4, 0.5) is 0 Å². The van der Waals surface area contributed by atoms with Crippen LogP contribution < -0.4 is 5.32 Å². The molecule has 1 fully saturated rings. The summed E-state index contributed by atoms with van der Waals surface area (Å²) in [5, 5.41) is 2.89. The van der Waals surface area contributed by atoms with Crippen LogP contribution in [0.5, 0.6) is 0 Å². The van der Waals surface area contributed by atoms with E-state index in [1.807, 2.05) is 6.92 Å². The first kappa shape index (κ1) is 15.0. The summed E-state index contributed by atoms with van der Waals surface area (Å²) in [6.07, 6.45) is 1.61. The van der Waals surface area contributed by atoms with Gasteiger partial charge in [0.1, 0.15) is 0 Å². The van der Waals surface area contributed by atoms with E-state index < -0.39 is 0 Å². The number of hydrogen-bond acceptors (Lipinski definition) is 3. The third kappa shape index (κ3) is 4.94. The minimum atomic E-state index is 0.0985. The number of nitrogens with zero attached hydrogens (tertiary/aromatic N) is 1. The molecule has 1 aromatic rings. The Morgan fingerprint density at radius 1 is 1.20 bits per heavy atom. The van der Waals surface area contributed by atoms with Gasteiger partial charge in [-0.15, -0.1) is 0 Å². The van der Waals surface area contributed by atoms with Crippen molar-refractivity contribution in [1.29, 1.82) is 0 Å². The fourth-order valence-electron chi connectivity index (χ4n) is 2.26. The summed E-state index contributed by atoms with van der Waals surface area (Å²) in [5.74, 6) is 0.0985. The van der Waals surface area contributed by atoms with E-state index in [1.165, 1.54) is 5.56 Å².